The van der Waals surface area contributed by atoms with Crippen molar-refractivity contribution in [1.82, 2.24) is 5.32 Å². The molecule has 20 heavy (non-hydrogen) atoms. The number of rotatable bonds is 4. The maximum absolute atomic E-state index is 13.0. The van der Waals surface area contributed by atoms with Crippen LogP contribution in [-0.4, -0.2) is 23.7 Å². The molecule has 2 amide bonds. The van der Waals surface area contributed by atoms with Gasteiger partial charge in [-0.3, -0.25) is 0 Å². The predicted octanol–water partition coefficient (Wildman–Crippen LogP) is 2.84. The van der Waals surface area contributed by atoms with Gasteiger partial charge in [-0.15, -0.1) is 0 Å². The highest BCUT2D eigenvalue weighted by atomic mass is 19.1. The summed E-state index contributed by atoms with van der Waals surface area (Å²) in [4.78, 5) is 22.7. The van der Waals surface area contributed by atoms with Crippen LogP contribution in [0.4, 0.5) is 14.9 Å². The summed E-state index contributed by atoms with van der Waals surface area (Å²) in [5.41, 5.74) is -0.0550. The van der Waals surface area contributed by atoms with Crippen molar-refractivity contribution in [3.63, 3.8) is 0 Å². The minimum absolute atomic E-state index is 0.0789. The third-order valence-electron chi connectivity index (χ3n) is 3.70. The first-order valence-corrected chi connectivity index (χ1v) is 6.47. The first kappa shape index (κ1) is 14.3. The van der Waals surface area contributed by atoms with Crippen molar-refractivity contribution in [2.24, 2.45) is 5.41 Å². The molecule has 2 rings (SSSR count). The molecule has 0 aromatic heterocycles. The van der Waals surface area contributed by atoms with Crippen LogP contribution in [0.25, 0.3) is 0 Å². The fraction of sp³-hybridized carbons (Fsp3) is 0.429. The first-order valence-electron chi connectivity index (χ1n) is 6.47. The van der Waals surface area contributed by atoms with Crippen molar-refractivity contribution in [2.45, 2.75) is 26.2 Å². The summed E-state index contributed by atoms with van der Waals surface area (Å²) in [5, 5.41) is 14.1. The van der Waals surface area contributed by atoms with Crippen LogP contribution >= 0.6 is 0 Å². The van der Waals surface area contributed by atoms with E-state index in [9.17, 15) is 14.0 Å². The van der Waals surface area contributed by atoms with Crippen LogP contribution in [0, 0.1) is 11.2 Å². The summed E-state index contributed by atoms with van der Waals surface area (Å²) in [6, 6.07) is 2.75. The summed E-state index contributed by atoms with van der Waals surface area (Å²) >= 11 is 0. The molecule has 3 N–H and O–H groups in total. The van der Waals surface area contributed by atoms with E-state index in [0.29, 0.717) is 6.54 Å². The number of nitrogens with one attached hydrogen (secondary N) is 2. The van der Waals surface area contributed by atoms with Crippen molar-refractivity contribution in [1.29, 1.82) is 0 Å². The Morgan fingerprint density at radius 2 is 2.10 bits per heavy atom. The number of halogens is 1. The number of anilines is 1. The Morgan fingerprint density at radius 3 is 2.65 bits per heavy atom. The summed E-state index contributed by atoms with van der Waals surface area (Å²) in [5.74, 6) is -1.94. The van der Waals surface area contributed by atoms with E-state index in [-0.39, 0.29) is 16.7 Å². The molecule has 0 bridgehead atoms. The highest BCUT2D eigenvalue weighted by molar-refractivity contribution is 5.99. The lowest BCUT2D eigenvalue weighted by atomic mass is 9.70. The van der Waals surface area contributed by atoms with Crippen molar-refractivity contribution < 1.29 is 19.1 Å². The zero-order valence-electron chi connectivity index (χ0n) is 11.2. The minimum atomic E-state index is -1.29. The number of urea groups is 1. The number of carboxylic acid groups (broad SMARTS) is 1. The third-order valence-corrected chi connectivity index (χ3v) is 3.70. The van der Waals surface area contributed by atoms with Gasteiger partial charge in [-0.25, -0.2) is 14.0 Å². The monoisotopic (exact) mass is 280 g/mol. The number of benzene rings is 1. The van der Waals surface area contributed by atoms with E-state index in [2.05, 4.69) is 17.6 Å². The molecule has 0 saturated heterocycles. The molecule has 0 radical (unpaired) electrons. The predicted molar refractivity (Wildman–Crippen MR) is 72.3 cm³/mol. The molecule has 0 atom stereocenters. The standard InChI is InChI=1S/C14H17FN2O3/c1-14(5-2-6-14)8-16-13(20)17-11-4-3-9(15)7-10(11)12(18)19/h3-4,7H,2,5-6,8H2,1H3,(H,18,19)(H2,16,17,20). The summed E-state index contributed by atoms with van der Waals surface area (Å²) in [6.07, 6.45) is 3.31. The van der Waals surface area contributed by atoms with Gasteiger partial charge in [-0.1, -0.05) is 13.3 Å². The van der Waals surface area contributed by atoms with Gasteiger partial charge in [0.15, 0.2) is 0 Å². The van der Waals surface area contributed by atoms with Crippen LogP contribution in [0.2, 0.25) is 0 Å². The largest absolute Gasteiger partial charge is 0.478 e. The zero-order chi connectivity index (χ0) is 14.8. The lowest BCUT2D eigenvalue weighted by Gasteiger charge is -2.38. The number of carbonyl (C=O) groups is 2. The zero-order valence-corrected chi connectivity index (χ0v) is 11.2. The van der Waals surface area contributed by atoms with E-state index in [4.69, 9.17) is 5.11 Å². The number of hydrogen-bond acceptors (Lipinski definition) is 2. The van der Waals surface area contributed by atoms with Crippen molar-refractivity contribution >= 4 is 17.7 Å². The second-order valence-electron chi connectivity index (χ2n) is 5.47. The molecule has 1 aromatic carbocycles. The minimum Gasteiger partial charge on any atom is -0.478 e. The Morgan fingerprint density at radius 1 is 1.40 bits per heavy atom. The molecule has 0 aliphatic heterocycles. The molecule has 6 heteroatoms. The van der Waals surface area contributed by atoms with Gasteiger partial charge in [-0.2, -0.15) is 0 Å². The topological polar surface area (TPSA) is 78.4 Å². The lowest BCUT2D eigenvalue weighted by Crippen LogP contribution is -2.41. The van der Waals surface area contributed by atoms with Gasteiger partial charge < -0.3 is 15.7 Å². The van der Waals surface area contributed by atoms with Gasteiger partial charge in [0.1, 0.15) is 5.82 Å². The van der Waals surface area contributed by atoms with E-state index in [0.717, 1.165) is 25.0 Å². The Hall–Kier alpha value is -2.11. The number of carboxylic acids is 1. The first-order chi connectivity index (χ1) is 9.39. The van der Waals surface area contributed by atoms with Gasteiger partial charge in [-0.05, 0) is 36.5 Å². The van der Waals surface area contributed by atoms with Crippen molar-refractivity contribution in [3.05, 3.63) is 29.6 Å². The quantitative estimate of drug-likeness (QED) is 0.793. The van der Waals surface area contributed by atoms with Crippen molar-refractivity contribution in [3.8, 4) is 0 Å². The van der Waals surface area contributed by atoms with E-state index >= 15 is 0 Å². The van der Waals surface area contributed by atoms with Crippen LogP contribution in [0.5, 0.6) is 0 Å². The number of carbonyl (C=O) groups excluding carboxylic acids is 1. The average Bonchev–Trinajstić information content (AvgIpc) is 2.36. The molecule has 1 aliphatic carbocycles. The molecular weight excluding hydrogens is 263 g/mol. The van der Waals surface area contributed by atoms with Crippen LogP contribution in [-0.2, 0) is 0 Å². The molecule has 0 spiro atoms. The van der Waals surface area contributed by atoms with Crippen molar-refractivity contribution in [2.75, 3.05) is 11.9 Å². The van der Waals surface area contributed by atoms with E-state index in [1.54, 1.807) is 0 Å². The normalized spacial score (nSPS) is 16.1. The molecule has 5 nitrogen and oxygen atoms in total. The van der Waals surface area contributed by atoms with E-state index < -0.39 is 17.8 Å². The maximum atomic E-state index is 13.0. The fourth-order valence-electron chi connectivity index (χ4n) is 2.22. The number of amides is 2. The van der Waals surface area contributed by atoms with Gasteiger partial charge in [0.2, 0.25) is 0 Å². The van der Waals surface area contributed by atoms with Crippen LogP contribution in [0.3, 0.4) is 0 Å². The smallest absolute Gasteiger partial charge is 0.337 e. The average molecular weight is 280 g/mol. The van der Waals surface area contributed by atoms with Gasteiger partial charge in [0, 0.05) is 6.54 Å². The van der Waals surface area contributed by atoms with Gasteiger partial charge >= 0.3 is 12.0 Å². The molecule has 0 unspecified atom stereocenters. The van der Waals surface area contributed by atoms with E-state index in [1.165, 1.54) is 12.5 Å². The summed E-state index contributed by atoms with van der Waals surface area (Å²) in [6.45, 7) is 2.64. The van der Waals surface area contributed by atoms with E-state index in [1.807, 2.05) is 0 Å². The molecule has 108 valence electrons. The molecule has 1 aromatic rings. The van der Waals surface area contributed by atoms with Gasteiger partial charge in [0.05, 0.1) is 11.3 Å². The van der Waals surface area contributed by atoms with Crippen LogP contribution < -0.4 is 10.6 Å². The highest BCUT2D eigenvalue weighted by Gasteiger charge is 2.31. The second-order valence-corrected chi connectivity index (χ2v) is 5.47. The number of aromatic carboxylic acids is 1. The van der Waals surface area contributed by atoms with Crippen LogP contribution in [0.1, 0.15) is 36.5 Å². The Labute approximate surface area is 116 Å². The third kappa shape index (κ3) is 3.26. The highest BCUT2D eigenvalue weighted by Crippen LogP contribution is 2.39. The second kappa shape index (κ2) is 5.48. The summed E-state index contributed by atoms with van der Waals surface area (Å²) < 4.78 is 13.0. The van der Waals surface area contributed by atoms with Gasteiger partial charge in [0.25, 0.3) is 0 Å². The maximum Gasteiger partial charge on any atom is 0.337 e. The Bertz CT molecular complexity index is 541. The molecule has 1 fully saturated rings. The fourth-order valence-corrected chi connectivity index (χ4v) is 2.22. The SMILES string of the molecule is CC1(CNC(=O)Nc2ccc(F)cc2C(=O)O)CCC1. The summed E-state index contributed by atoms with van der Waals surface area (Å²) in [7, 11) is 0. The lowest BCUT2D eigenvalue weighted by molar-refractivity contribution is 0.0697. The Balaban J connectivity index is 1.98. The molecule has 1 aliphatic rings. The molecular formula is C14H17FN2O3. The number of hydrogen-bond donors (Lipinski definition) is 3. The molecule has 0 heterocycles. The molecule has 1 saturated carbocycles. The Kier molecular flexibility index (Phi) is 3.92. The van der Waals surface area contributed by atoms with Crippen LogP contribution in [0.15, 0.2) is 18.2 Å².